The van der Waals surface area contributed by atoms with Crippen LogP contribution in [0.5, 0.6) is 0 Å². The standard InChI is InChI=1S/C14H10BrClN2S/c1-8-2-4-10(7-11(8)16)18-13-5-3-9(15)6-12(13)17-14(18)19/h2-7H,1H3,(H,17,19). The van der Waals surface area contributed by atoms with Crippen LogP contribution in [-0.2, 0) is 0 Å². The molecule has 3 aromatic rings. The maximum absolute atomic E-state index is 6.19. The molecule has 0 saturated heterocycles. The second-order valence-corrected chi connectivity index (χ2v) is 6.07. The summed E-state index contributed by atoms with van der Waals surface area (Å²) in [5.41, 5.74) is 4.05. The molecule has 0 fully saturated rings. The van der Waals surface area contributed by atoms with Crippen molar-refractivity contribution in [3.63, 3.8) is 0 Å². The number of nitrogens with one attached hydrogen (secondary N) is 1. The van der Waals surface area contributed by atoms with Gasteiger partial charge >= 0.3 is 0 Å². The zero-order valence-corrected chi connectivity index (χ0v) is 13.2. The minimum Gasteiger partial charge on any atom is -0.330 e. The van der Waals surface area contributed by atoms with Gasteiger partial charge in [-0.3, -0.25) is 4.57 Å². The highest BCUT2D eigenvalue weighted by Gasteiger charge is 2.08. The van der Waals surface area contributed by atoms with Crippen LogP contribution in [-0.4, -0.2) is 9.55 Å². The van der Waals surface area contributed by atoms with Crippen LogP contribution < -0.4 is 0 Å². The van der Waals surface area contributed by atoms with E-state index in [1.165, 1.54) is 0 Å². The molecule has 19 heavy (non-hydrogen) atoms. The van der Waals surface area contributed by atoms with E-state index in [1.54, 1.807) is 0 Å². The minimum absolute atomic E-state index is 0.660. The number of halogens is 2. The Morgan fingerprint density at radius 1 is 1.21 bits per heavy atom. The summed E-state index contributed by atoms with van der Waals surface area (Å²) in [6.45, 7) is 1.98. The lowest BCUT2D eigenvalue weighted by atomic mass is 10.2. The number of benzene rings is 2. The maximum atomic E-state index is 6.19. The molecule has 0 aliphatic heterocycles. The Kier molecular flexibility index (Phi) is 3.25. The molecule has 0 bridgehead atoms. The normalized spacial score (nSPS) is 11.1. The fourth-order valence-corrected chi connectivity index (χ4v) is 2.91. The highest BCUT2D eigenvalue weighted by Crippen LogP contribution is 2.25. The number of aromatic amines is 1. The van der Waals surface area contributed by atoms with Crippen molar-refractivity contribution in [3.05, 3.63) is 56.2 Å². The van der Waals surface area contributed by atoms with Gasteiger partial charge in [0.15, 0.2) is 4.77 Å². The first-order valence-corrected chi connectivity index (χ1v) is 7.31. The van der Waals surface area contributed by atoms with Gasteiger partial charge < -0.3 is 4.98 Å². The summed E-state index contributed by atoms with van der Waals surface area (Å²) in [5, 5.41) is 0.742. The second-order valence-electron chi connectivity index (χ2n) is 4.36. The summed E-state index contributed by atoms with van der Waals surface area (Å²) in [6.07, 6.45) is 0. The van der Waals surface area contributed by atoms with E-state index in [-0.39, 0.29) is 0 Å². The molecule has 0 saturated carbocycles. The van der Waals surface area contributed by atoms with Crippen molar-refractivity contribution in [1.82, 2.24) is 9.55 Å². The van der Waals surface area contributed by atoms with Gasteiger partial charge in [0.25, 0.3) is 0 Å². The smallest absolute Gasteiger partial charge is 0.182 e. The van der Waals surface area contributed by atoms with Gasteiger partial charge in [-0.15, -0.1) is 0 Å². The number of hydrogen-bond acceptors (Lipinski definition) is 1. The molecule has 2 nitrogen and oxygen atoms in total. The summed E-state index contributed by atoms with van der Waals surface area (Å²) in [7, 11) is 0. The average molecular weight is 354 g/mol. The Hall–Kier alpha value is -1.10. The fraction of sp³-hybridized carbons (Fsp3) is 0.0714. The summed E-state index contributed by atoms with van der Waals surface area (Å²) < 4.78 is 3.67. The number of nitrogens with zero attached hydrogens (tertiary/aromatic N) is 1. The van der Waals surface area contributed by atoms with E-state index in [9.17, 15) is 0 Å². The maximum Gasteiger partial charge on any atom is 0.182 e. The van der Waals surface area contributed by atoms with Crippen molar-refractivity contribution < 1.29 is 0 Å². The average Bonchev–Trinajstić information content (AvgIpc) is 2.68. The van der Waals surface area contributed by atoms with E-state index in [0.29, 0.717) is 4.77 Å². The zero-order chi connectivity index (χ0) is 13.6. The predicted molar refractivity (Wildman–Crippen MR) is 85.9 cm³/mol. The van der Waals surface area contributed by atoms with E-state index in [2.05, 4.69) is 20.9 Å². The summed E-state index contributed by atoms with van der Waals surface area (Å²) in [5.74, 6) is 0. The van der Waals surface area contributed by atoms with Crippen LogP contribution in [0.1, 0.15) is 5.56 Å². The third-order valence-corrected chi connectivity index (χ3v) is 4.24. The van der Waals surface area contributed by atoms with Crippen LogP contribution in [0, 0.1) is 11.7 Å². The van der Waals surface area contributed by atoms with Crippen LogP contribution in [0.15, 0.2) is 40.9 Å². The van der Waals surface area contributed by atoms with Gasteiger partial charge in [-0.25, -0.2) is 0 Å². The van der Waals surface area contributed by atoms with Crippen molar-refractivity contribution in [3.8, 4) is 5.69 Å². The molecular formula is C14H10BrClN2S. The Bertz CT molecular complexity index is 835. The van der Waals surface area contributed by atoms with Crippen molar-refractivity contribution in [1.29, 1.82) is 0 Å². The largest absolute Gasteiger partial charge is 0.330 e. The lowest BCUT2D eigenvalue weighted by Gasteiger charge is -2.06. The van der Waals surface area contributed by atoms with E-state index >= 15 is 0 Å². The van der Waals surface area contributed by atoms with Crippen LogP contribution in [0.3, 0.4) is 0 Å². The molecule has 96 valence electrons. The number of H-pyrrole nitrogens is 1. The molecule has 0 radical (unpaired) electrons. The molecule has 5 heteroatoms. The number of aryl methyl sites for hydroxylation is 1. The molecule has 1 N–H and O–H groups in total. The Labute approximate surface area is 129 Å². The molecule has 1 aromatic heterocycles. The van der Waals surface area contributed by atoms with Crippen LogP contribution in [0.25, 0.3) is 16.7 Å². The van der Waals surface area contributed by atoms with Crippen LogP contribution >= 0.6 is 39.7 Å². The molecule has 0 spiro atoms. The Morgan fingerprint density at radius 2 is 2.00 bits per heavy atom. The van der Waals surface area contributed by atoms with Crippen LogP contribution in [0.2, 0.25) is 5.02 Å². The molecule has 0 aliphatic carbocycles. The zero-order valence-electron chi connectivity index (χ0n) is 10.1. The minimum atomic E-state index is 0.660. The monoisotopic (exact) mass is 352 g/mol. The summed E-state index contributed by atoms with van der Waals surface area (Å²) in [4.78, 5) is 3.21. The predicted octanol–water partition coefficient (Wildman–Crippen LogP) is 5.41. The lowest BCUT2D eigenvalue weighted by molar-refractivity contribution is 1.06. The number of fused-ring (bicyclic) bond motifs is 1. The fourth-order valence-electron chi connectivity index (χ4n) is 2.06. The van der Waals surface area contributed by atoms with Crippen molar-refractivity contribution in [2.75, 3.05) is 0 Å². The highest BCUT2D eigenvalue weighted by molar-refractivity contribution is 9.10. The Morgan fingerprint density at radius 3 is 2.74 bits per heavy atom. The van der Waals surface area contributed by atoms with Crippen molar-refractivity contribution >= 4 is 50.8 Å². The number of aromatic nitrogens is 2. The van der Waals surface area contributed by atoms with Gasteiger partial charge in [0.2, 0.25) is 0 Å². The van der Waals surface area contributed by atoms with Crippen molar-refractivity contribution in [2.45, 2.75) is 6.92 Å². The van der Waals surface area contributed by atoms with E-state index in [0.717, 1.165) is 31.8 Å². The number of rotatable bonds is 1. The summed E-state index contributed by atoms with van der Waals surface area (Å²) in [6, 6.07) is 12.0. The number of imidazole rings is 1. The molecule has 0 amide bonds. The molecule has 0 aliphatic rings. The number of hydrogen-bond donors (Lipinski definition) is 1. The Balaban J connectivity index is 2.32. The van der Waals surface area contributed by atoms with Gasteiger partial charge in [0.1, 0.15) is 0 Å². The molecular weight excluding hydrogens is 344 g/mol. The van der Waals surface area contributed by atoms with Gasteiger partial charge in [0, 0.05) is 15.2 Å². The topological polar surface area (TPSA) is 20.7 Å². The quantitative estimate of drug-likeness (QED) is 0.580. The first kappa shape index (κ1) is 12.9. The summed E-state index contributed by atoms with van der Waals surface area (Å²) >= 11 is 15.1. The van der Waals surface area contributed by atoms with E-state index < -0.39 is 0 Å². The second kappa shape index (κ2) is 4.78. The first-order chi connectivity index (χ1) is 9.06. The highest BCUT2D eigenvalue weighted by atomic mass is 79.9. The molecule has 3 rings (SSSR count). The first-order valence-electron chi connectivity index (χ1n) is 5.73. The van der Waals surface area contributed by atoms with Gasteiger partial charge in [-0.1, -0.05) is 33.6 Å². The molecule has 0 unspecified atom stereocenters. The van der Waals surface area contributed by atoms with E-state index in [4.69, 9.17) is 23.8 Å². The van der Waals surface area contributed by atoms with Gasteiger partial charge in [-0.05, 0) is 55.0 Å². The SMILES string of the molecule is Cc1ccc(-n2c(=S)[nH]c3cc(Br)ccc32)cc1Cl. The third kappa shape index (κ3) is 2.24. The van der Waals surface area contributed by atoms with Crippen LogP contribution in [0.4, 0.5) is 0 Å². The van der Waals surface area contributed by atoms with Gasteiger partial charge in [0.05, 0.1) is 11.0 Å². The molecule has 1 heterocycles. The molecule has 2 aromatic carbocycles. The van der Waals surface area contributed by atoms with Crippen molar-refractivity contribution in [2.24, 2.45) is 0 Å². The lowest BCUT2D eigenvalue weighted by Crippen LogP contribution is -1.94. The van der Waals surface area contributed by atoms with E-state index in [1.807, 2.05) is 47.9 Å². The van der Waals surface area contributed by atoms with Gasteiger partial charge in [-0.2, -0.15) is 0 Å². The third-order valence-electron chi connectivity index (χ3n) is 3.06. The molecule has 0 atom stereocenters.